The molecule has 5 rings (SSSR count). The third kappa shape index (κ3) is 5.93. The van der Waals surface area contributed by atoms with E-state index in [2.05, 4.69) is 28.3 Å². The first-order chi connectivity index (χ1) is 19.3. The topological polar surface area (TPSA) is 90.1 Å². The normalized spacial score (nSPS) is 23.4. The summed E-state index contributed by atoms with van der Waals surface area (Å²) < 4.78 is 37.3. The summed E-state index contributed by atoms with van der Waals surface area (Å²) in [6, 6.07) is 10.2. The highest BCUT2D eigenvalue weighted by Gasteiger charge is 2.37. The number of ether oxygens (including phenoxy) is 1. The molecule has 4 atom stereocenters. The second-order valence-electron chi connectivity index (χ2n) is 11.5. The number of aldehydes is 1. The summed E-state index contributed by atoms with van der Waals surface area (Å²) in [5.41, 5.74) is 9.16. The van der Waals surface area contributed by atoms with Crippen molar-refractivity contribution in [2.75, 3.05) is 25.6 Å². The number of pyridine rings is 2. The molecule has 0 radical (unpaired) electrons. The Morgan fingerprint density at radius 1 is 1.20 bits per heavy atom. The Kier molecular flexibility index (Phi) is 8.57. The fourth-order valence-corrected chi connectivity index (χ4v) is 6.62. The van der Waals surface area contributed by atoms with Gasteiger partial charge in [-0.2, -0.15) is 0 Å². The van der Waals surface area contributed by atoms with Crippen molar-refractivity contribution in [1.29, 1.82) is 0 Å². The molecule has 0 bridgehead atoms. The highest BCUT2D eigenvalue weighted by Crippen LogP contribution is 2.44. The summed E-state index contributed by atoms with van der Waals surface area (Å²) >= 11 is 0. The van der Waals surface area contributed by atoms with E-state index >= 15 is 8.78 Å². The minimum Gasteiger partial charge on any atom is -0.387 e. The highest BCUT2D eigenvalue weighted by molar-refractivity contribution is 5.75. The molecule has 8 heteroatoms. The van der Waals surface area contributed by atoms with Crippen molar-refractivity contribution < 1.29 is 18.3 Å². The van der Waals surface area contributed by atoms with E-state index in [9.17, 15) is 4.79 Å². The molecule has 3 unspecified atom stereocenters. The second kappa shape index (κ2) is 12.1. The minimum absolute atomic E-state index is 0.0499. The number of benzene rings is 1. The Morgan fingerprint density at radius 2 is 2.00 bits per heavy atom. The van der Waals surface area contributed by atoms with Gasteiger partial charge in [-0.05, 0) is 84.4 Å². The van der Waals surface area contributed by atoms with Crippen molar-refractivity contribution in [1.82, 2.24) is 9.97 Å². The molecule has 40 heavy (non-hydrogen) atoms. The first-order valence-corrected chi connectivity index (χ1v) is 14.2. The molecule has 3 N–H and O–H groups in total. The van der Waals surface area contributed by atoms with E-state index in [1.807, 2.05) is 25.5 Å². The van der Waals surface area contributed by atoms with E-state index in [1.165, 1.54) is 11.6 Å². The quantitative estimate of drug-likeness (QED) is 0.326. The van der Waals surface area contributed by atoms with Crippen LogP contribution in [-0.4, -0.2) is 42.6 Å². The fraction of sp³-hybridized carbons (Fsp3) is 0.469. The van der Waals surface area contributed by atoms with Crippen molar-refractivity contribution in [2.45, 2.75) is 63.1 Å². The maximum Gasteiger partial charge on any atom is 0.168 e. The molecule has 6 nitrogen and oxygen atoms in total. The molecule has 2 aliphatic rings. The van der Waals surface area contributed by atoms with Gasteiger partial charge in [-0.3, -0.25) is 9.78 Å². The number of carbonyl (C=O) groups excluding carboxylic acids is 1. The van der Waals surface area contributed by atoms with Gasteiger partial charge < -0.3 is 15.8 Å². The maximum atomic E-state index is 16.0. The standard InChI is InChI=1S/C32H38F2N4O2/c1-20(21-13-22(16-25(35)15-21)27-6-9-37-18-30(27)36-2)12-23-14-24(32(34)7-10-40-11-8-32)17-28(33)31(23)29-5-3-4-26(19-39)38-29/h3-6,9,14,17-22,25,36H,7-8,10-13,15-16,35H2,1-2H3/t20?,21-,22?,25?/m0/s1. The number of alkyl halides is 1. The fourth-order valence-electron chi connectivity index (χ4n) is 6.62. The predicted octanol–water partition coefficient (Wildman–Crippen LogP) is 6.20. The summed E-state index contributed by atoms with van der Waals surface area (Å²) in [6.07, 6.45) is 7.96. The van der Waals surface area contributed by atoms with Gasteiger partial charge in [0.1, 0.15) is 17.2 Å². The number of carbonyl (C=O) groups is 1. The smallest absolute Gasteiger partial charge is 0.168 e. The van der Waals surface area contributed by atoms with Gasteiger partial charge in [-0.1, -0.05) is 19.1 Å². The predicted molar refractivity (Wildman–Crippen MR) is 153 cm³/mol. The lowest BCUT2D eigenvalue weighted by Gasteiger charge is -2.37. The first kappa shape index (κ1) is 28.3. The molecule has 2 fully saturated rings. The number of halogens is 2. The van der Waals surface area contributed by atoms with Crippen molar-refractivity contribution in [3.05, 3.63) is 77.0 Å². The number of anilines is 1. The maximum absolute atomic E-state index is 16.0. The summed E-state index contributed by atoms with van der Waals surface area (Å²) in [4.78, 5) is 20.1. The molecule has 3 aromatic rings. The van der Waals surface area contributed by atoms with E-state index in [0.717, 1.165) is 24.9 Å². The van der Waals surface area contributed by atoms with Crippen molar-refractivity contribution >= 4 is 12.0 Å². The molecular weight excluding hydrogens is 510 g/mol. The summed E-state index contributed by atoms with van der Waals surface area (Å²) in [7, 11) is 1.90. The summed E-state index contributed by atoms with van der Waals surface area (Å²) in [5, 5.41) is 3.25. The van der Waals surface area contributed by atoms with Crippen LogP contribution in [0, 0.1) is 17.7 Å². The number of hydrogen-bond acceptors (Lipinski definition) is 6. The SMILES string of the molecule is CNc1cnccc1C1CC(N)C[C@@H](C(C)Cc2cc(C3(F)CCOCC3)cc(F)c2-c2cccc(C=O)n2)C1. The number of nitrogens with zero attached hydrogens (tertiary/aromatic N) is 2. The second-order valence-corrected chi connectivity index (χ2v) is 11.5. The van der Waals surface area contributed by atoms with Crippen LogP contribution >= 0.6 is 0 Å². The van der Waals surface area contributed by atoms with Gasteiger partial charge in [0.2, 0.25) is 0 Å². The molecule has 0 amide bonds. The zero-order valence-electron chi connectivity index (χ0n) is 23.2. The highest BCUT2D eigenvalue weighted by atomic mass is 19.1. The van der Waals surface area contributed by atoms with E-state index in [0.29, 0.717) is 54.2 Å². The zero-order chi connectivity index (χ0) is 28.3. The van der Waals surface area contributed by atoms with Crippen molar-refractivity contribution in [2.24, 2.45) is 17.6 Å². The minimum atomic E-state index is -1.64. The van der Waals surface area contributed by atoms with Gasteiger partial charge in [0, 0.05) is 50.9 Å². The van der Waals surface area contributed by atoms with Crippen LogP contribution in [0.25, 0.3) is 11.3 Å². The Hall–Kier alpha value is -3.23. The summed E-state index contributed by atoms with van der Waals surface area (Å²) in [5.74, 6) is 0.211. The molecule has 212 valence electrons. The lowest BCUT2D eigenvalue weighted by atomic mass is 9.70. The van der Waals surface area contributed by atoms with Gasteiger partial charge in [0.25, 0.3) is 0 Å². The first-order valence-electron chi connectivity index (χ1n) is 14.2. The Bertz CT molecular complexity index is 1340. The van der Waals surface area contributed by atoms with Crippen molar-refractivity contribution in [3.8, 4) is 11.3 Å². The number of hydrogen-bond donors (Lipinski definition) is 2. The van der Waals surface area contributed by atoms with Gasteiger partial charge in [0.05, 0.1) is 17.6 Å². The number of nitrogens with one attached hydrogen (secondary N) is 1. The van der Waals surface area contributed by atoms with Crippen LogP contribution in [0.2, 0.25) is 0 Å². The average Bonchev–Trinajstić information content (AvgIpc) is 2.97. The number of aromatic nitrogens is 2. The lowest BCUT2D eigenvalue weighted by molar-refractivity contribution is -0.0116. The Labute approximate surface area is 234 Å². The van der Waals surface area contributed by atoms with Gasteiger partial charge in [-0.25, -0.2) is 13.8 Å². The third-order valence-electron chi connectivity index (χ3n) is 8.81. The molecule has 2 aromatic heterocycles. The average molecular weight is 549 g/mol. The molecular formula is C32H38F2N4O2. The van der Waals surface area contributed by atoms with E-state index in [-0.39, 0.29) is 36.4 Å². The molecule has 0 spiro atoms. The van der Waals surface area contributed by atoms with Crippen LogP contribution in [0.4, 0.5) is 14.5 Å². The van der Waals surface area contributed by atoms with Crippen LogP contribution in [0.1, 0.15) is 72.1 Å². The van der Waals surface area contributed by atoms with Gasteiger partial charge in [0.15, 0.2) is 6.29 Å². The van der Waals surface area contributed by atoms with Crippen LogP contribution in [0.15, 0.2) is 48.8 Å². The lowest BCUT2D eigenvalue weighted by Crippen LogP contribution is -2.35. The van der Waals surface area contributed by atoms with E-state index < -0.39 is 11.5 Å². The van der Waals surface area contributed by atoms with E-state index in [4.69, 9.17) is 10.5 Å². The molecule has 1 saturated carbocycles. The van der Waals surface area contributed by atoms with Crippen LogP contribution in [0.5, 0.6) is 0 Å². The van der Waals surface area contributed by atoms with Gasteiger partial charge >= 0.3 is 0 Å². The summed E-state index contributed by atoms with van der Waals surface area (Å²) in [6.45, 7) is 2.79. The van der Waals surface area contributed by atoms with Crippen LogP contribution < -0.4 is 11.1 Å². The van der Waals surface area contributed by atoms with E-state index in [1.54, 1.807) is 18.2 Å². The van der Waals surface area contributed by atoms with Crippen LogP contribution in [0.3, 0.4) is 0 Å². The largest absolute Gasteiger partial charge is 0.387 e. The Morgan fingerprint density at radius 3 is 2.75 bits per heavy atom. The number of nitrogens with two attached hydrogens (primary N) is 1. The van der Waals surface area contributed by atoms with Crippen LogP contribution in [-0.2, 0) is 16.8 Å². The van der Waals surface area contributed by atoms with Crippen molar-refractivity contribution in [3.63, 3.8) is 0 Å². The number of rotatable bonds is 8. The third-order valence-corrected chi connectivity index (χ3v) is 8.81. The zero-order valence-corrected chi connectivity index (χ0v) is 23.2. The molecule has 1 aliphatic heterocycles. The molecule has 1 aromatic carbocycles. The molecule has 1 saturated heterocycles. The molecule has 3 heterocycles. The van der Waals surface area contributed by atoms with Gasteiger partial charge in [-0.15, -0.1) is 0 Å². The Balaban J connectivity index is 1.49. The monoisotopic (exact) mass is 548 g/mol. The molecule has 1 aliphatic carbocycles.